The van der Waals surface area contributed by atoms with E-state index in [-0.39, 0.29) is 6.10 Å². The van der Waals surface area contributed by atoms with Crippen LogP contribution < -0.4 is 4.74 Å². The molecule has 5 nitrogen and oxygen atoms in total. The molecule has 0 aliphatic carbocycles. The molecule has 0 bridgehead atoms. The van der Waals surface area contributed by atoms with Crippen LogP contribution in [0.2, 0.25) is 0 Å². The highest BCUT2D eigenvalue weighted by Gasteiger charge is 2.10. The first-order valence-electron chi connectivity index (χ1n) is 6.34. The molecule has 0 saturated heterocycles. The van der Waals surface area contributed by atoms with Crippen LogP contribution in [0.3, 0.4) is 0 Å². The molecule has 2 aromatic rings. The van der Waals surface area contributed by atoms with Gasteiger partial charge in [-0.25, -0.2) is 0 Å². The van der Waals surface area contributed by atoms with Crippen LogP contribution >= 0.6 is 0 Å². The SMILES string of the molecule is C=C/C=C(\C)c1nnc2ccc(OC(C)CC)nn12. The molecular weight excluding hydrogens is 240 g/mol. The average Bonchev–Trinajstić information content (AvgIpc) is 2.82. The van der Waals surface area contributed by atoms with Gasteiger partial charge in [0.15, 0.2) is 11.5 Å². The van der Waals surface area contributed by atoms with Gasteiger partial charge in [0.05, 0.1) is 6.10 Å². The highest BCUT2D eigenvalue weighted by Crippen LogP contribution is 2.16. The van der Waals surface area contributed by atoms with Gasteiger partial charge in [0, 0.05) is 6.07 Å². The maximum atomic E-state index is 5.71. The van der Waals surface area contributed by atoms with Crippen molar-refractivity contribution in [1.29, 1.82) is 0 Å². The first-order chi connectivity index (χ1) is 9.15. The van der Waals surface area contributed by atoms with Crippen LogP contribution in [0.5, 0.6) is 5.88 Å². The number of hydrogen-bond donors (Lipinski definition) is 0. The van der Waals surface area contributed by atoms with Crippen molar-refractivity contribution in [2.45, 2.75) is 33.3 Å². The molecule has 0 aliphatic rings. The Kier molecular flexibility index (Phi) is 3.94. The lowest BCUT2D eigenvalue weighted by Gasteiger charge is -2.11. The fourth-order valence-electron chi connectivity index (χ4n) is 1.62. The third-order valence-electron chi connectivity index (χ3n) is 2.86. The quantitative estimate of drug-likeness (QED) is 0.774. The Morgan fingerprint density at radius 3 is 2.95 bits per heavy atom. The van der Waals surface area contributed by atoms with Crippen molar-refractivity contribution in [2.24, 2.45) is 0 Å². The number of rotatable bonds is 5. The van der Waals surface area contributed by atoms with Crippen molar-refractivity contribution in [3.05, 3.63) is 36.7 Å². The van der Waals surface area contributed by atoms with Crippen molar-refractivity contribution >= 4 is 11.2 Å². The van der Waals surface area contributed by atoms with Crippen LogP contribution in [0.25, 0.3) is 11.2 Å². The monoisotopic (exact) mass is 258 g/mol. The molecule has 0 aromatic carbocycles. The van der Waals surface area contributed by atoms with Crippen molar-refractivity contribution in [3.63, 3.8) is 0 Å². The largest absolute Gasteiger partial charge is 0.474 e. The number of hydrogen-bond acceptors (Lipinski definition) is 4. The number of allylic oxidation sites excluding steroid dienone is 3. The number of aromatic nitrogens is 4. The van der Waals surface area contributed by atoms with Crippen molar-refractivity contribution in [1.82, 2.24) is 19.8 Å². The van der Waals surface area contributed by atoms with E-state index in [9.17, 15) is 0 Å². The lowest BCUT2D eigenvalue weighted by atomic mass is 10.2. The predicted octanol–water partition coefficient (Wildman–Crippen LogP) is 2.89. The van der Waals surface area contributed by atoms with E-state index in [1.807, 2.05) is 32.1 Å². The molecule has 0 saturated carbocycles. The molecule has 2 heterocycles. The minimum Gasteiger partial charge on any atom is -0.474 e. The number of fused-ring (bicyclic) bond motifs is 1. The van der Waals surface area contributed by atoms with Gasteiger partial charge in [-0.1, -0.05) is 25.7 Å². The summed E-state index contributed by atoms with van der Waals surface area (Å²) in [5, 5.41) is 12.6. The van der Waals surface area contributed by atoms with Gasteiger partial charge < -0.3 is 4.74 Å². The summed E-state index contributed by atoms with van der Waals surface area (Å²) in [6.07, 6.45) is 4.66. The topological polar surface area (TPSA) is 52.3 Å². The lowest BCUT2D eigenvalue weighted by molar-refractivity contribution is 0.205. The molecule has 0 amide bonds. The van der Waals surface area contributed by atoms with Gasteiger partial charge in [-0.15, -0.1) is 15.3 Å². The predicted molar refractivity (Wildman–Crippen MR) is 75.0 cm³/mol. The Bertz CT molecular complexity index is 615. The van der Waals surface area contributed by atoms with E-state index in [4.69, 9.17) is 4.74 Å². The second kappa shape index (κ2) is 5.65. The minimum atomic E-state index is 0.134. The van der Waals surface area contributed by atoms with E-state index in [2.05, 4.69) is 28.8 Å². The molecule has 1 unspecified atom stereocenters. The lowest BCUT2D eigenvalue weighted by Crippen LogP contribution is -2.12. The first kappa shape index (κ1) is 13.3. The summed E-state index contributed by atoms with van der Waals surface area (Å²) < 4.78 is 7.40. The van der Waals surface area contributed by atoms with Gasteiger partial charge in [0.1, 0.15) is 0 Å². The van der Waals surface area contributed by atoms with Gasteiger partial charge in [0.25, 0.3) is 0 Å². The summed E-state index contributed by atoms with van der Waals surface area (Å²) in [5.41, 5.74) is 1.65. The molecule has 0 N–H and O–H groups in total. The van der Waals surface area contributed by atoms with Gasteiger partial charge in [0.2, 0.25) is 5.88 Å². The van der Waals surface area contributed by atoms with E-state index in [1.54, 1.807) is 10.6 Å². The second-order valence-corrected chi connectivity index (χ2v) is 4.39. The average molecular weight is 258 g/mol. The molecule has 5 heteroatoms. The first-order valence-corrected chi connectivity index (χ1v) is 6.34. The summed E-state index contributed by atoms with van der Waals surface area (Å²) in [5.74, 6) is 1.28. The summed E-state index contributed by atoms with van der Waals surface area (Å²) in [4.78, 5) is 0. The standard InChI is InChI=1S/C14H18N4O/c1-5-7-10(3)14-16-15-12-8-9-13(17-18(12)14)19-11(4)6-2/h5,7-9,11H,1,6H2,2-4H3/b10-7+. The van der Waals surface area contributed by atoms with Crippen LogP contribution in [-0.2, 0) is 0 Å². The van der Waals surface area contributed by atoms with Crippen LogP contribution in [-0.4, -0.2) is 25.9 Å². The van der Waals surface area contributed by atoms with Crippen LogP contribution in [0.1, 0.15) is 33.0 Å². The molecule has 2 aromatic heterocycles. The third-order valence-corrected chi connectivity index (χ3v) is 2.86. The zero-order valence-corrected chi connectivity index (χ0v) is 11.5. The highest BCUT2D eigenvalue weighted by atomic mass is 16.5. The second-order valence-electron chi connectivity index (χ2n) is 4.39. The fraction of sp³-hybridized carbons (Fsp3) is 0.357. The summed E-state index contributed by atoms with van der Waals surface area (Å²) >= 11 is 0. The van der Waals surface area contributed by atoms with Crippen molar-refractivity contribution in [2.75, 3.05) is 0 Å². The van der Waals surface area contributed by atoms with E-state index >= 15 is 0 Å². The van der Waals surface area contributed by atoms with Crippen LogP contribution in [0.4, 0.5) is 0 Å². The van der Waals surface area contributed by atoms with Crippen molar-refractivity contribution < 1.29 is 4.74 Å². The molecule has 1 atom stereocenters. The fourth-order valence-corrected chi connectivity index (χ4v) is 1.62. The Morgan fingerprint density at radius 1 is 1.47 bits per heavy atom. The third kappa shape index (κ3) is 2.81. The zero-order valence-electron chi connectivity index (χ0n) is 11.5. The Morgan fingerprint density at radius 2 is 2.26 bits per heavy atom. The van der Waals surface area contributed by atoms with E-state index < -0.39 is 0 Å². The smallest absolute Gasteiger partial charge is 0.232 e. The van der Waals surface area contributed by atoms with Gasteiger partial charge in [-0.3, -0.25) is 0 Å². The molecule has 0 spiro atoms. The van der Waals surface area contributed by atoms with E-state index in [0.29, 0.717) is 17.4 Å². The minimum absolute atomic E-state index is 0.134. The molecular formula is C14H18N4O. The molecule has 100 valence electrons. The van der Waals surface area contributed by atoms with Gasteiger partial charge >= 0.3 is 0 Å². The summed E-state index contributed by atoms with van der Waals surface area (Å²) in [7, 11) is 0. The molecule has 2 rings (SSSR count). The van der Waals surface area contributed by atoms with E-state index in [1.165, 1.54) is 0 Å². The zero-order chi connectivity index (χ0) is 13.8. The Labute approximate surface area is 112 Å². The van der Waals surface area contributed by atoms with Crippen LogP contribution in [0.15, 0.2) is 30.9 Å². The number of nitrogens with zero attached hydrogens (tertiary/aromatic N) is 4. The Balaban J connectivity index is 2.42. The highest BCUT2D eigenvalue weighted by molar-refractivity contribution is 5.61. The summed E-state index contributed by atoms with van der Waals surface area (Å²) in [6.45, 7) is 9.72. The van der Waals surface area contributed by atoms with Gasteiger partial charge in [-0.05, 0) is 31.9 Å². The van der Waals surface area contributed by atoms with Gasteiger partial charge in [-0.2, -0.15) is 4.52 Å². The normalized spacial score (nSPS) is 13.5. The van der Waals surface area contributed by atoms with Crippen molar-refractivity contribution in [3.8, 4) is 5.88 Å². The number of ether oxygens (including phenoxy) is 1. The maximum Gasteiger partial charge on any atom is 0.232 e. The molecule has 19 heavy (non-hydrogen) atoms. The molecule has 0 fully saturated rings. The van der Waals surface area contributed by atoms with E-state index in [0.717, 1.165) is 12.0 Å². The van der Waals surface area contributed by atoms with Crippen LogP contribution in [0, 0.1) is 0 Å². The summed E-state index contributed by atoms with van der Waals surface area (Å²) in [6, 6.07) is 3.66. The molecule has 0 aliphatic heterocycles. The molecule has 0 radical (unpaired) electrons. The maximum absolute atomic E-state index is 5.71. The Hall–Kier alpha value is -2.17.